The molecule has 1 aliphatic heterocycles. The van der Waals surface area contributed by atoms with E-state index in [9.17, 15) is 9.90 Å². The van der Waals surface area contributed by atoms with Gasteiger partial charge < -0.3 is 15.2 Å². The molecule has 4 nitrogen and oxygen atoms in total. The van der Waals surface area contributed by atoms with Crippen molar-refractivity contribution in [3.8, 4) is 10.4 Å². The van der Waals surface area contributed by atoms with Crippen LogP contribution in [0.1, 0.15) is 18.4 Å². The number of nitrogens with one attached hydrogen (secondary N) is 1. The van der Waals surface area contributed by atoms with Crippen LogP contribution >= 0.6 is 11.3 Å². The quantitative estimate of drug-likeness (QED) is 0.852. The summed E-state index contributed by atoms with van der Waals surface area (Å²) in [7, 11) is 0. The second-order valence-corrected chi connectivity index (χ2v) is 6.92. The van der Waals surface area contributed by atoms with Gasteiger partial charge >= 0.3 is 5.97 Å². The van der Waals surface area contributed by atoms with Gasteiger partial charge in [-0.05, 0) is 35.4 Å². The van der Waals surface area contributed by atoms with Crippen LogP contribution in [-0.2, 0) is 16.1 Å². The van der Waals surface area contributed by atoms with E-state index in [0.717, 1.165) is 5.56 Å². The largest absolute Gasteiger partial charge is 0.481 e. The Bertz CT molecular complexity index is 631. The van der Waals surface area contributed by atoms with E-state index in [1.807, 2.05) is 0 Å². The van der Waals surface area contributed by atoms with Crippen molar-refractivity contribution >= 4 is 17.3 Å². The smallest absolute Gasteiger partial charge is 0.311 e. The molecule has 0 atom stereocenters. The van der Waals surface area contributed by atoms with Crippen molar-refractivity contribution in [1.82, 2.24) is 5.32 Å². The third kappa shape index (κ3) is 3.80. The normalized spacial score (nSPS) is 17.0. The maximum atomic E-state index is 11.6. The molecule has 0 spiro atoms. The lowest BCUT2D eigenvalue weighted by atomic mass is 9.80. The summed E-state index contributed by atoms with van der Waals surface area (Å²) < 4.78 is 5.30. The molecular weight excluding hydrogens is 310 g/mol. The van der Waals surface area contributed by atoms with Crippen molar-refractivity contribution in [2.24, 2.45) is 5.41 Å². The van der Waals surface area contributed by atoms with Gasteiger partial charge in [-0.2, -0.15) is 0 Å². The highest BCUT2D eigenvalue weighted by Crippen LogP contribution is 2.30. The maximum absolute atomic E-state index is 11.6. The summed E-state index contributed by atoms with van der Waals surface area (Å²) in [4.78, 5) is 12.9. The van der Waals surface area contributed by atoms with E-state index >= 15 is 0 Å². The fourth-order valence-electron chi connectivity index (χ4n) is 2.90. The van der Waals surface area contributed by atoms with E-state index in [2.05, 4.69) is 47.1 Å². The van der Waals surface area contributed by atoms with Gasteiger partial charge in [-0.3, -0.25) is 4.79 Å². The fourth-order valence-corrected chi connectivity index (χ4v) is 3.64. The molecule has 0 bridgehead atoms. The first kappa shape index (κ1) is 16.2. The lowest BCUT2D eigenvalue weighted by Gasteiger charge is -2.33. The van der Waals surface area contributed by atoms with Gasteiger partial charge in [-0.25, -0.2) is 0 Å². The average Bonchev–Trinajstić information content (AvgIpc) is 3.11. The zero-order chi connectivity index (χ0) is 16.1. The summed E-state index contributed by atoms with van der Waals surface area (Å²) in [5.41, 5.74) is 1.70. The number of carboxylic acid groups (broad SMARTS) is 1. The predicted octanol–water partition coefficient (Wildman–Crippen LogP) is 3.39. The van der Waals surface area contributed by atoms with Crippen LogP contribution in [0.4, 0.5) is 0 Å². The Morgan fingerprint density at radius 3 is 2.57 bits per heavy atom. The van der Waals surface area contributed by atoms with E-state index in [4.69, 9.17) is 4.74 Å². The molecule has 23 heavy (non-hydrogen) atoms. The first-order chi connectivity index (χ1) is 11.2. The average molecular weight is 331 g/mol. The van der Waals surface area contributed by atoms with Gasteiger partial charge in [0.1, 0.15) is 0 Å². The molecule has 0 radical (unpaired) electrons. The minimum absolute atomic E-state index is 0.484. The molecule has 3 rings (SSSR count). The van der Waals surface area contributed by atoms with Crippen LogP contribution < -0.4 is 5.32 Å². The van der Waals surface area contributed by atoms with E-state index in [1.54, 1.807) is 11.3 Å². The Morgan fingerprint density at radius 2 is 1.96 bits per heavy atom. The van der Waals surface area contributed by atoms with Crippen molar-refractivity contribution in [1.29, 1.82) is 0 Å². The Kier molecular flexibility index (Phi) is 5.10. The molecule has 0 saturated carbocycles. The van der Waals surface area contributed by atoms with Gasteiger partial charge in [0.2, 0.25) is 0 Å². The summed E-state index contributed by atoms with van der Waals surface area (Å²) in [6.07, 6.45) is 1.15. The third-order valence-corrected chi connectivity index (χ3v) is 5.37. The summed E-state index contributed by atoms with van der Waals surface area (Å²) in [6, 6.07) is 12.6. The van der Waals surface area contributed by atoms with E-state index in [1.165, 1.54) is 10.4 Å². The molecule has 1 fully saturated rings. The fraction of sp³-hybridized carbons (Fsp3) is 0.389. The SMILES string of the molecule is O=C(O)C1(CNCc2ccc(-c3cccs3)cc2)CCOCC1. The topological polar surface area (TPSA) is 58.6 Å². The summed E-state index contributed by atoms with van der Waals surface area (Å²) in [5, 5.41) is 14.9. The highest BCUT2D eigenvalue weighted by molar-refractivity contribution is 7.13. The second kappa shape index (κ2) is 7.25. The zero-order valence-electron chi connectivity index (χ0n) is 13.0. The van der Waals surface area contributed by atoms with Crippen LogP contribution in [0.25, 0.3) is 10.4 Å². The molecule has 122 valence electrons. The molecule has 2 aromatic rings. The molecular formula is C18H21NO3S. The van der Waals surface area contributed by atoms with E-state index in [0.29, 0.717) is 39.1 Å². The van der Waals surface area contributed by atoms with Gasteiger partial charge in [-0.15, -0.1) is 11.3 Å². The number of carboxylic acids is 1. The Labute approximate surface area is 140 Å². The summed E-state index contributed by atoms with van der Waals surface area (Å²) >= 11 is 1.73. The Balaban J connectivity index is 1.56. The number of hydrogen-bond donors (Lipinski definition) is 2. The molecule has 1 aromatic heterocycles. The minimum atomic E-state index is -0.721. The summed E-state index contributed by atoms with van der Waals surface area (Å²) in [5.74, 6) is -0.721. The van der Waals surface area contributed by atoms with Crippen LogP contribution in [0.15, 0.2) is 41.8 Å². The standard InChI is InChI=1S/C18H21NO3S/c20-17(21)18(7-9-22-10-8-18)13-19-12-14-3-5-15(6-4-14)16-2-1-11-23-16/h1-6,11,19H,7-10,12-13H2,(H,20,21). The molecule has 0 amide bonds. The number of hydrogen-bond acceptors (Lipinski definition) is 4. The van der Waals surface area contributed by atoms with Crippen LogP contribution in [-0.4, -0.2) is 30.8 Å². The van der Waals surface area contributed by atoms with Gasteiger partial charge in [0, 0.05) is 31.2 Å². The zero-order valence-corrected chi connectivity index (χ0v) is 13.8. The van der Waals surface area contributed by atoms with Crippen LogP contribution in [0.3, 0.4) is 0 Å². The molecule has 5 heteroatoms. The lowest BCUT2D eigenvalue weighted by molar-refractivity contribution is -0.154. The molecule has 2 N–H and O–H groups in total. The predicted molar refractivity (Wildman–Crippen MR) is 91.6 cm³/mol. The number of benzene rings is 1. The number of ether oxygens (including phenoxy) is 1. The van der Waals surface area contributed by atoms with E-state index < -0.39 is 11.4 Å². The van der Waals surface area contributed by atoms with Gasteiger partial charge in [-0.1, -0.05) is 30.3 Å². The molecule has 1 aromatic carbocycles. The van der Waals surface area contributed by atoms with Crippen LogP contribution in [0.2, 0.25) is 0 Å². The van der Waals surface area contributed by atoms with E-state index in [-0.39, 0.29) is 0 Å². The first-order valence-electron chi connectivity index (χ1n) is 7.84. The molecule has 2 heterocycles. The monoisotopic (exact) mass is 331 g/mol. The van der Waals surface area contributed by atoms with Crippen LogP contribution in [0, 0.1) is 5.41 Å². The molecule has 0 unspecified atom stereocenters. The minimum Gasteiger partial charge on any atom is -0.481 e. The van der Waals surface area contributed by atoms with Crippen LogP contribution in [0.5, 0.6) is 0 Å². The van der Waals surface area contributed by atoms with Crippen molar-refractivity contribution < 1.29 is 14.6 Å². The first-order valence-corrected chi connectivity index (χ1v) is 8.72. The number of thiophene rings is 1. The maximum Gasteiger partial charge on any atom is 0.311 e. The van der Waals surface area contributed by atoms with Crippen molar-refractivity contribution in [2.75, 3.05) is 19.8 Å². The van der Waals surface area contributed by atoms with Crippen molar-refractivity contribution in [3.05, 3.63) is 47.3 Å². The summed E-state index contributed by atoms with van der Waals surface area (Å²) in [6.45, 7) is 2.23. The molecule has 0 aliphatic carbocycles. The van der Waals surface area contributed by atoms with Crippen molar-refractivity contribution in [2.45, 2.75) is 19.4 Å². The van der Waals surface area contributed by atoms with Crippen molar-refractivity contribution in [3.63, 3.8) is 0 Å². The molecule has 1 aliphatic rings. The molecule has 1 saturated heterocycles. The lowest BCUT2D eigenvalue weighted by Crippen LogP contribution is -2.44. The Morgan fingerprint density at radius 1 is 1.22 bits per heavy atom. The van der Waals surface area contributed by atoms with Gasteiger partial charge in [0.25, 0.3) is 0 Å². The second-order valence-electron chi connectivity index (χ2n) is 5.98. The van der Waals surface area contributed by atoms with Gasteiger partial charge in [0.05, 0.1) is 5.41 Å². The highest BCUT2D eigenvalue weighted by atomic mass is 32.1. The van der Waals surface area contributed by atoms with Gasteiger partial charge in [0.15, 0.2) is 0 Å². The highest BCUT2D eigenvalue weighted by Gasteiger charge is 2.39. The number of carbonyl (C=O) groups is 1. The number of aliphatic carboxylic acids is 1. The number of rotatable bonds is 6. The third-order valence-electron chi connectivity index (χ3n) is 4.46. The Hall–Kier alpha value is -1.69.